The molecule has 130 valence electrons. The number of carbonyl (C=O) groups excluding carboxylic acids is 1. The summed E-state index contributed by atoms with van der Waals surface area (Å²) in [5, 5.41) is 19.2. The lowest BCUT2D eigenvalue weighted by molar-refractivity contribution is -0.139. The van der Waals surface area contributed by atoms with Crippen molar-refractivity contribution in [2.24, 2.45) is 0 Å². The molecule has 3 rings (SSSR count). The second-order valence-corrected chi connectivity index (χ2v) is 6.76. The number of aliphatic hydroxyl groups is 1. The number of likely N-dealkylation sites (tertiary alicyclic amines) is 1. The van der Waals surface area contributed by atoms with Crippen LogP contribution in [0.3, 0.4) is 0 Å². The van der Waals surface area contributed by atoms with Gasteiger partial charge in [0.05, 0.1) is 25.3 Å². The minimum Gasteiger partial charge on any atom is -0.472 e. The summed E-state index contributed by atoms with van der Waals surface area (Å²) in [7, 11) is 0. The Hall–Kier alpha value is -2.15. The number of hydrogen-bond acceptors (Lipinski definition) is 5. The molecule has 2 aromatic rings. The third-order valence-corrected chi connectivity index (χ3v) is 4.55. The molecule has 1 N–H and O–H groups in total. The van der Waals surface area contributed by atoms with E-state index >= 15 is 0 Å². The molecule has 0 spiro atoms. The van der Waals surface area contributed by atoms with Gasteiger partial charge in [0.2, 0.25) is 5.91 Å². The maximum Gasteiger partial charge on any atom is 0.223 e. The van der Waals surface area contributed by atoms with Gasteiger partial charge in [-0.15, -0.1) is 5.10 Å². The van der Waals surface area contributed by atoms with E-state index in [1.165, 1.54) is 0 Å². The second kappa shape index (κ2) is 6.76. The standard InChI is InChI=1S/C17H24N4O3/c1-13(2)21-10-15(18-19-21)17(23)7-3-8-20(12-17)16(22)5-4-14-6-9-24-11-14/h6,9-11,13,23H,3-5,7-8,12H2,1-2H3. The quantitative estimate of drug-likeness (QED) is 0.904. The normalized spacial score (nSPS) is 21.4. The summed E-state index contributed by atoms with van der Waals surface area (Å²) in [4.78, 5) is 14.2. The van der Waals surface area contributed by atoms with Crippen molar-refractivity contribution in [2.45, 2.75) is 51.2 Å². The lowest BCUT2D eigenvalue weighted by Gasteiger charge is -2.38. The summed E-state index contributed by atoms with van der Waals surface area (Å²) in [6.45, 7) is 4.96. The van der Waals surface area contributed by atoms with Crippen molar-refractivity contribution >= 4 is 5.91 Å². The lowest BCUT2D eigenvalue weighted by Crippen LogP contribution is -2.48. The van der Waals surface area contributed by atoms with E-state index in [0.717, 1.165) is 12.0 Å². The highest BCUT2D eigenvalue weighted by Gasteiger charge is 2.39. The highest BCUT2D eigenvalue weighted by molar-refractivity contribution is 5.76. The number of carbonyl (C=O) groups is 1. The van der Waals surface area contributed by atoms with Crippen LogP contribution in [-0.4, -0.2) is 44.0 Å². The first-order chi connectivity index (χ1) is 11.5. The van der Waals surface area contributed by atoms with Crippen LogP contribution < -0.4 is 0 Å². The van der Waals surface area contributed by atoms with Gasteiger partial charge in [-0.3, -0.25) is 4.79 Å². The minimum atomic E-state index is -1.11. The molecule has 1 aliphatic rings. The maximum absolute atomic E-state index is 12.5. The molecule has 0 aromatic carbocycles. The first kappa shape index (κ1) is 16.7. The molecule has 0 bridgehead atoms. The summed E-state index contributed by atoms with van der Waals surface area (Å²) >= 11 is 0. The van der Waals surface area contributed by atoms with Crippen LogP contribution >= 0.6 is 0 Å². The fourth-order valence-corrected chi connectivity index (χ4v) is 3.04. The van der Waals surface area contributed by atoms with Gasteiger partial charge in [0, 0.05) is 19.0 Å². The zero-order valence-corrected chi connectivity index (χ0v) is 14.2. The zero-order valence-electron chi connectivity index (χ0n) is 14.2. The van der Waals surface area contributed by atoms with Crippen molar-refractivity contribution in [1.29, 1.82) is 0 Å². The maximum atomic E-state index is 12.5. The Morgan fingerprint density at radius 1 is 1.50 bits per heavy atom. The van der Waals surface area contributed by atoms with Gasteiger partial charge in [-0.2, -0.15) is 0 Å². The predicted octanol–water partition coefficient (Wildman–Crippen LogP) is 1.89. The molecule has 1 unspecified atom stereocenters. The SMILES string of the molecule is CC(C)n1cc(C2(O)CCCN(C(=O)CCc3ccoc3)C2)nn1. The number of aryl methyl sites for hydroxylation is 1. The van der Waals surface area contributed by atoms with Crippen molar-refractivity contribution in [3.63, 3.8) is 0 Å². The average Bonchev–Trinajstić information content (AvgIpc) is 3.24. The zero-order chi connectivity index (χ0) is 17.2. The van der Waals surface area contributed by atoms with Crippen LogP contribution in [0.2, 0.25) is 0 Å². The molecule has 1 atom stereocenters. The van der Waals surface area contributed by atoms with E-state index in [1.807, 2.05) is 19.9 Å². The van der Waals surface area contributed by atoms with Crippen LogP contribution in [-0.2, 0) is 16.8 Å². The number of furan rings is 1. The summed E-state index contributed by atoms with van der Waals surface area (Å²) in [6, 6.07) is 2.05. The van der Waals surface area contributed by atoms with Crippen LogP contribution in [0.1, 0.15) is 50.4 Å². The summed E-state index contributed by atoms with van der Waals surface area (Å²) in [5.41, 5.74) is 0.440. The minimum absolute atomic E-state index is 0.0468. The summed E-state index contributed by atoms with van der Waals surface area (Å²) in [6.07, 6.45) is 7.45. The molecule has 24 heavy (non-hydrogen) atoms. The van der Waals surface area contributed by atoms with E-state index in [-0.39, 0.29) is 18.5 Å². The van der Waals surface area contributed by atoms with Gasteiger partial charge in [-0.1, -0.05) is 5.21 Å². The number of aromatic nitrogens is 3. The summed E-state index contributed by atoms with van der Waals surface area (Å²) < 4.78 is 6.75. The molecule has 7 heteroatoms. The number of piperidine rings is 1. The van der Waals surface area contributed by atoms with E-state index < -0.39 is 5.60 Å². The Balaban J connectivity index is 1.65. The molecule has 1 aliphatic heterocycles. The van der Waals surface area contributed by atoms with Crippen molar-refractivity contribution < 1.29 is 14.3 Å². The second-order valence-electron chi connectivity index (χ2n) is 6.76. The molecule has 3 heterocycles. The molecule has 1 saturated heterocycles. The van der Waals surface area contributed by atoms with Crippen LogP contribution in [0, 0.1) is 0 Å². The number of hydrogen-bond donors (Lipinski definition) is 1. The number of amides is 1. The Morgan fingerprint density at radius 2 is 2.33 bits per heavy atom. The number of rotatable bonds is 5. The Labute approximate surface area is 141 Å². The van der Waals surface area contributed by atoms with Gasteiger partial charge in [-0.25, -0.2) is 4.68 Å². The van der Waals surface area contributed by atoms with E-state index in [0.29, 0.717) is 31.5 Å². The Bertz CT molecular complexity index is 680. The van der Waals surface area contributed by atoms with Gasteiger partial charge >= 0.3 is 0 Å². The third-order valence-electron chi connectivity index (χ3n) is 4.55. The fourth-order valence-electron chi connectivity index (χ4n) is 3.04. The smallest absolute Gasteiger partial charge is 0.223 e. The largest absolute Gasteiger partial charge is 0.472 e. The first-order valence-corrected chi connectivity index (χ1v) is 8.41. The third kappa shape index (κ3) is 3.51. The van der Waals surface area contributed by atoms with Crippen LogP contribution in [0.4, 0.5) is 0 Å². The molecule has 0 aliphatic carbocycles. The van der Waals surface area contributed by atoms with Crippen molar-refractivity contribution in [3.8, 4) is 0 Å². The molecule has 0 radical (unpaired) electrons. The molecule has 7 nitrogen and oxygen atoms in total. The average molecular weight is 332 g/mol. The molecule has 2 aromatic heterocycles. The monoisotopic (exact) mass is 332 g/mol. The van der Waals surface area contributed by atoms with Gasteiger partial charge in [-0.05, 0) is 44.7 Å². The molecular weight excluding hydrogens is 308 g/mol. The fraction of sp³-hybridized carbons (Fsp3) is 0.588. The highest BCUT2D eigenvalue weighted by Crippen LogP contribution is 2.30. The van der Waals surface area contributed by atoms with Crippen LogP contribution in [0.15, 0.2) is 29.2 Å². The topological polar surface area (TPSA) is 84.4 Å². The van der Waals surface area contributed by atoms with Crippen molar-refractivity contribution in [1.82, 2.24) is 19.9 Å². The first-order valence-electron chi connectivity index (χ1n) is 8.41. The molecule has 1 amide bonds. The predicted molar refractivity (Wildman–Crippen MR) is 87.1 cm³/mol. The van der Waals surface area contributed by atoms with Crippen LogP contribution in [0.25, 0.3) is 0 Å². The highest BCUT2D eigenvalue weighted by atomic mass is 16.3. The molecule has 1 fully saturated rings. The Kier molecular flexibility index (Phi) is 4.71. The van der Waals surface area contributed by atoms with Crippen molar-refractivity contribution in [3.05, 3.63) is 36.0 Å². The molecule has 0 saturated carbocycles. The number of nitrogens with zero attached hydrogens (tertiary/aromatic N) is 4. The number of β-amino-alcohol motifs (C(OH)–C–C–N with tert-alkyl or cyclic N) is 1. The molecular formula is C17H24N4O3. The Morgan fingerprint density at radius 3 is 3.00 bits per heavy atom. The van der Waals surface area contributed by atoms with Gasteiger partial charge in [0.1, 0.15) is 11.3 Å². The van der Waals surface area contributed by atoms with E-state index in [9.17, 15) is 9.90 Å². The van der Waals surface area contributed by atoms with E-state index in [1.54, 1.807) is 28.3 Å². The lowest BCUT2D eigenvalue weighted by atomic mass is 9.89. The summed E-state index contributed by atoms with van der Waals surface area (Å²) in [5.74, 6) is 0.0468. The van der Waals surface area contributed by atoms with E-state index in [4.69, 9.17) is 4.42 Å². The van der Waals surface area contributed by atoms with Gasteiger partial charge in [0.25, 0.3) is 0 Å². The van der Waals surface area contributed by atoms with Gasteiger partial charge in [0.15, 0.2) is 0 Å². The van der Waals surface area contributed by atoms with Gasteiger partial charge < -0.3 is 14.4 Å². The van der Waals surface area contributed by atoms with E-state index in [2.05, 4.69) is 10.3 Å². The van der Waals surface area contributed by atoms with Crippen LogP contribution in [0.5, 0.6) is 0 Å². The van der Waals surface area contributed by atoms with Crippen molar-refractivity contribution in [2.75, 3.05) is 13.1 Å².